The van der Waals surface area contributed by atoms with Crippen molar-refractivity contribution < 1.29 is 4.55 Å². The zero-order valence-corrected chi connectivity index (χ0v) is 7.93. The number of rotatable bonds is 3. The molecule has 0 spiro atoms. The van der Waals surface area contributed by atoms with Crippen molar-refractivity contribution in [2.45, 2.75) is 13.8 Å². The molecule has 3 nitrogen and oxygen atoms in total. The standard InChI is InChI=1S/C7H16N2OS/c1-6(2)7-3-9(4-7)5-11(8)10/h6-7H,3-5,8H2,1-2H3. The lowest BCUT2D eigenvalue weighted by Crippen LogP contribution is -2.51. The van der Waals surface area contributed by atoms with Crippen molar-refractivity contribution in [3.8, 4) is 0 Å². The first-order chi connectivity index (χ1) is 5.09. The zero-order valence-electron chi connectivity index (χ0n) is 7.12. The molecule has 0 aromatic carbocycles. The Bertz CT molecular complexity index is 124. The minimum Gasteiger partial charge on any atom is -0.597 e. The summed E-state index contributed by atoms with van der Waals surface area (Å²) in [5.41, 5.74) is 0. The van der Waals surface area contributed by atoms with Crippen LogP contribution in [0.15, 0.2) is 0 Å². The van der Waals surface area contributed by atoms with E-state index in [9.17, 15) is 4.55 Å². The van der Waals surface area contributed by atoms with Gasteiger partial charge in [0.2, 0.25) is 0 Å². The van der Waals surface area contributed by atoms with Gasteiger partial charge in [-0.25, -0.2) is 0 Å². The average molecular weight is 176 g/mol. The molecule has 0 saturated carbocycles. The Morgan fingerprint density at radius 2 is 2.18 bits per heavy atom. The van der Waals surface area contributed by atoms with Crippen LogP contribution in [0.3, 0.4) is 0 Å². The van der Waals surface area contributed by atoms with Crippen molar-refractivity contribution in [2.24, 2.45) is 17.0 Å². The predicted octanol–water partition coefficient (Wildman–Crippen LogP) is 0.154. The van der Waals surface area contributed by atoms with Gasteiger partial charge in [0, 0.05) is 13.1 Å². The van der Waals surface area contributed by atoms with Gasteiger partial charge in [0.15, 0.2) is 5.88 Å². The topological polar surface area (TPSA) is 52.3 Å². The lowest BCUT2D eigenvalue weighted by Gasteiger charge is -2.40. The second-order valence-electron chi connectivity index (χ2n) is 3.55. The minimum absolute atomic E-state index is 0.545. The second-order valence-corrected chi connectivity index (χ2v) is 4.57. The van der Waals surface area contributed by atoms with E-state index in [4.69, 9.17) is 5.14 Å². The number of nitrogens with zero attached hydrogens (tertiary/aromatic N) is 1. The minimum atomic E-state index is -1.15. The maximum atomic E-state index is 10.6. The van der Waals surface area contributed by atoms with Gasteiger partial charge in [0.1, 0.15) is 0 Å². The molecule has 1 unspecified atom stereocenters. The van der Waals surface area contributed by atoms with Gasteiger partial charge in [0.05, 0.1) is 11.4 Å². The summed E-state index contributed by atoms with van der Waals surface area (Å²) >= 11 is -1.15. The summed E-state index contributed by atoms with van der Waals surface area (Å²) in [6.45, 7) is 6.59. The first kappa shape index (κ1) is 9.32. The van der Waals surface area contributed by atoms with E-state index in [1.807, 2.05) is 0 Å². The molecule has 1 rings (SSSR count). The molecule has 0 bridgehead atoms. The fourth-order valence-corrected chi connectivity index (χ4v) is 1.89. The highest BCUT2D eigenvalue weighted by atomic mass is 32.2. The van der Waals surface area contributed by atoms with Crippen molar-refractivity contribution in [3.05, 3.63) is 0 Å². The normalized spacial score (nSPS) is 23.7. The van der Waals surface area contributed by atoms with Crippen LogP contribution in [-0.4, -0.2) is 28.4 Å². The van der Waals surface area contributed by atoms with Crippen molar-refractivity contribution in [3.63, 3.8) is 0 Å². The number of nitrogens with two attached hydrogens (primary N) is 1. The first-order valence-corrected chi connectivity index (χ1v) is 5.33. The molecule has 1 fully saturated rings. The monoisotopic (exact) mass is 176 g/mol. The summed E-state index contributed by atoms with van der Waals surface area (Å²) < 4.78 is 10.6. The van der Waals surface area contributed by atoms with Crippen LogP contribution >= 0.6 is 0 Å². The highest BCUT2D eigenvalue weighted by Gasteiger charge is 2.30. The quantitative estimate of drug-likeness (QED) is 0.623. The van der Waals surface area contributed by atoms with Gasteiger partial charge < -0.3 is 4.55 Å². The summed E-state index contributed by atoms with van der Waals surface area (Å²) in [4.78, 5) is 2.14. The van der Waals surface area contributed by atoms with E-state index in [1.54, 1.807) is 0 Å². The highest BCUT2D eigenvalue weighted by molar-refractivity contribution is 7.89. The SMILES string of the molecule is CC(C)C1CN(C[S+](N)[O-])C1. The Balaban J connectivity index is 2.09. The van der Waals surface area contributed by atoms with E-state index in [1.165, 1.54) is 0 Å². The van der Waals surface area contributed by atoms with Crippen LogP contribution in [-0.2, 0) is 11.4 Å². The molecule has 0 aromatic rings. The third-order valence-corrected chi connectivity index (χ3v) is 2.86. The fourth-order valence-electron chi connectivity index (χ4n) is 1.32. The van der Waals surface area contributed by atoms with Crippen LogP contribution in [0.1, 0.15) is 13.8 Å². The molecule has 1 saturated heterocycles. The largest absolute Gasteiger partial charge is 0.597 e. The maximum absolute atomic E-state index is 10.6. The van der Waals surface area contributed by atoms with Gasteiger partial charge >= 0.3 is 0 Å². The number of hydrogen-bond donors (Lipinski definition) is 1. The molecule has 1 heterocycles. The molecule has 0 amide bonds. The summed E-state index contributed by atoms with van der Waals surface area (Å²) in [7, 11) is 0. The van der Waals surface area contributed by atoms with Gasteiger partial charge in [-0.05, 0) is 11.8 Å². The van der Waals surface area contributed by atoms with E-state index in [0.29, 0.717) is 5.88 Å². The molecule has 2 N–H and O–H groups in total. The first-order valence-electron chi connectivity index (χ1n) is 3.94. The number of likely N-dealkylation sites (tertiary alicyclic amines) is 1. The van der Waals surface area contributed by atoms with Crippen LogP contribution < -0.4 is 5.14 Å². The van der Waals surface area contributed by atoms with Crippen molar-refractivity contribution >= 4 is 11.4 Å². The van der Waals surface area contributed by atoms with E-state index in [2.05, 4.69) is 18.7 Å². The van der Waals surface area contributed by atoms with Crippen LogP contribution in [0, 0.1) is 11.8 Å². The molecular formula is C7H16N2OS. The Labute approximate surface area is 71.3 Å². The highest BCUT2D eigenvalue weighted by Crippen LogP contribution is 2.22. The van der Waals surface area contributed by atoms with Gasteiger partial charge in [-0.2, -0.15) is 5.14 Å². The molecule has 4 heteroatoms. The van der Waals surface area contributed by atoms with Crippen molar-refractivity contribution in [2.75, 3.05) is 19.0 Å². The summed E-state index contributed by atoms with van der Waals surface area (Å²) in [6.07, 6.45) is 0. The van der Waals surface area contributed by atoms with E-state index in [0.717, 1.165) is 24.9 Å². The van der Waals surface area contributed by atoms with Gasteiger partial charge in [-0.3, -0.25) is 4.90 Å². The predicted molar refractivity (Wildman–Crippen MR) is 47.1 cm³/mol. The summed E-state index contributed by atoms with van der Waals surface area (Å²) in [5, 5.41) is 5.15. The van der Waals surface area contributed by atoms with Crippen LogP contribution in [0.25, 0.3) is 0 Å². The Morgan fingerprint density at radius 1 is 1.64 bits per heavy atom. The smallest absolute Gasteiger partial charge is 0.179 e. The van der Waals surface area contributed by atoms with E-state index in [-0.39, 0.29) is 0 Å². The molecule has 66 valence electrons. The van der Waals surface area contributed by atoms with Crippen LogP contribution in [0.5, 0.6) is 0 Å². The Kier molecular flexibility index (Phi) is 3.18. The van der Waals surface area contributed by atoms with E-state index < -0.39 is 11.4 Å². The van der Waals surface area contributed by atoms with Gasteiger partial charge in [-0.1, -0.05) is 13.8 Å². The number of hydrogen-bond acceptors (Lipinski definition) is 3. The third-order valence-electron chi connectivity index (χ3n) is 2.24. The van der Waals surface area contributed by atoms with Crippen LogP contribution in [0.2, 0.25) is 0 Å². The molecule has 0 aromatic heterocycles. The Morgan fingerprint density at radius 3 is 2.55 bits per heavy atom. The van der Waals surface area contributed by atoms with Gasteiger partial charge in [0.25, 0.3) is 0 Å². The molecule has 0 aliphatic carbocycles. The van der Waals surface area contributed by atoms with Crippen LogP contribution in [0.4, 0.5) is 0 Å². The van der Waals surface area contributed by atoms with Crippen molar-refractivity contribution in [1.82, 2.24) is 4.90 Å². The Hall–Kier alpha value is 0.230. The molecule has 1 atom stereocenters. The van der Waals surface area contributed by atoms with Crippen molar-refractivity contribution in [1.29, 1.82) is 0 Å². The average Bonchev–Trinajstić information content (AvgIpc) is 1.75. The summed E-state index contributed by atoms with van der Waals surface area (Å²) in [5.74, 6) is 2.08. The second kappa shape index (κ2) is 3.76. The maximum Gasteiger partial charge on any atom is 0.179 e. The lowest BCUT2D eigenvalue weighted by atomic mass is 9.89. The lowest BCUT2D eigenvalue weighted by molar-refractivity contribution is 0.0876. The zero-order chi connectivity index (χ0) is 8.43. The van der Waals surface area contributed by atoms with E-state index >= 15 is 0 Å². The molecule has 1 aliphatic heterocycles. The summed E-state index contributed by atoms with van der Waals surface area (Å²) in [6, 6.07) is 0. The molecular weight excluding hydrogens is 160 g/mol. The molecule has 11 heavy (non-hydrogen) atoms. The fraction of sp³-hybridized carbons (Fsp3) is 1.00. The molecule has 0 radical (unpaired) electrons. The molecule has 1 aliphatic rings. The van der Waals surface area contributed by atoms with Gasteiger partial charge in [-0.15, -0.1) is 0 Å². The third kappa shape index (κ3) is 2.63.